The lowest BCUT2D eigenvalue weighted by Crippen LogP contribution is -2.61. The van der Waals surface area contributed by atoms with E-state index in [1.165, 1.54) is 16.4 Å². The number of benzene rings is 2. The summed E-state index contributed by atoms with van der Waals surface area (Å²) in [6.07, 6.45) is 13.8. The minimum Gasteiger partial charge on any atom is -0.340 e. The Labute approximate surface area is 151 Å². The van der Waals surface area contributed by atoms with Gasteiger partial charge in [-0.3, -0.25) is 0 Å². The summed E-state index contributed by atoms with van der Waals surface area (Å²) < 4.78 is 2.26. The normalized spacial score (nSPS) is 11.9. The first-order chi connectivity index (χ1) is 12.3. The van der Waals surface area contributed by atoms with Gasteiger partial charge in [0.05, 0.1) is 6.33 Å². The molecule has 0 aliphatic heterocycles. The number of hydrogen-bond donors (Lipinski definition) is 0. The maximum absolute atomic E-state index is 4.27. The molecule has 0 aliphatic carbocycles. The first-order valence-electron chi connectivity index (χ1n) is 9.07. The second-order valence-electron chi connectivity index (χ2n) is 6.47. The van der Waals surface area contributed by atoms with Gasteiger partial charge in [0.15, 0.2) is 0 Å². The summed E-state index contributed by atoms with van der Waals surface area (Å²) >= 11 is 0. The summed E-state index contributed by atoms with van der Waals surface area (Å²) in [6.45, 7) is 2.20. The van der Waals surface area contributed by atoms with E-state index >= 15 is 0 Å². The van der Waals surface area contributed by atoms with Crippen molar-refractivity contribution in [1.82, 2.24) is 9.55 Å². The Morgan fingerprint density at radius 2 is 1.56 bits per heavy atom. The molecule has 0 amide bonds. The van der Waals surface area contributed by atoms with Crippen LogP contribution in [0.5, 0.6) is 0 Å². The Morgan fingerprint density at radius 3 is 2.08 bits per heavy atom. The van der Waals surface area contributed by atoms with E-state index in [0.29, 0.717) is 0 Å². The third-order valence-corrected chi connectivity index (χ3v) is 9.73. The standard InChI is InChI=1S/C22H26N2Si/c1-2-3-4-11-18-25(20-24-17-16-23-19-24,21-12-7-5-8-13-21)22-14-9-6-10-15-22/h3-10,12-17,19H,2,11,18,20H2,1H3. The second-order valence-corrected chi connectivity index (χ2v) is 10.6. The first kappa shape index (κ1) is 17.4. The van der Waals surface area contributed by atoms with Crippen molar-refractivity contribution < 1.29 is 0 Å². The Balaban J connectivity index is 2.07. The Bertz CT molecular complexity index is 725. The second kappa shape index (κ2) is 8.63. The SMILES string of the molecule is CCC=CCC[Si](Cn1ccnc1)(c1ccccc1)c1ccccc1. The summed E-state index contributed by atoms with van der Waals surface area (Å²) in [6, 6.07) is 23.4. The minimum absolute atomic E-state index is 1.03. The van der Waals surface area contributed by atoms with E-state index in [0.717, 1.165) is 19.0 Å². The van der Waals surface area contributed by atoms with Crippen LogP contribution in [-0.4, -0.2) is 17.6 Å². The van der Waals surface area contributed by atoms with Crippen LogP contribution in [0.2, 0.25) is 6.04 Å². The van der Waals surface area contributed by atoms with Crippen LogP contribution in [0.25, 0.3) is 0 Å². The lowest BCUT2D eigenvalue weighted by atomic mass is 10.3. The topological polar surface area (TPSA) is 17.8 Å². The molecule has 128 valence electrons. The third kappa shape index (κ3) is 4.17. The number of imidazole rings is 1. The molecule has 2 aromatic carbocycles. The molecule has 0 N–H and O–H groups in total. The van der Waals surface area contributed by atoms with Crippen LogP contribution in [0.3, 0.4) is 0 Å². The van der Waals surface area contributed by atoms with Crippen LogP contribution in [0.15, 0.2) is 91.5 Å². The van der Waals surface area contributed by atoms with Crippen LogP contribution in [0.4, 0.5) is 0 Å². The van der Waals surface area contributed by atoms with Crippen molar-refractivity contribution in [2.24, 2.45) is 0 Å². The van der Waals surface area contributed by atoms with Gasteiger partial charge in [-0.2, -0.15) is 0 Å². The highest BCUT2D eigenvalue weighted by Crippen LogP contribution is 2.17. The predicted octanol–water partition coefficient (Wildman–Crippen LogP) is 4.04. The fourth-order valence-corrected chi connectivity index (χ4v) is 8.10. The van der Waals surface area contributed by atoms with Crippen molar-refractivity contribution in [2.45, 2.75) is 32.0 Å². The largest absolute Gasteiger partial charge is 0.340 e. The van der Waals surface area contributed by atoms with Gasteiger partial charge < -0.3 is 4.57 Å². The molecule has 0 radical (unpaired) electrons. The van der Waals surface area contributed by atoms with Gasteiger partial charge in [-0.05, 0) is 18.9 Å². The van der Waals surface area contributed by atoms with Gasteiger partial charge in [0.2, 0.25) is 0 Å². The van der Waals surface area contributed by atoms with E-state index in [4.69, 9.17) is 0 Å². The number of rotatable bonds is 8. The van der Waals surface area contributed by atoms with E-state index in [9.17, 15) is 0 Å². The molecular formula is C22H26N2Si. The molecule has 3 aromatic rings. The summed E-state index contributed by atoms with van der Waals surface area (Å²) in [5.74, 6) is 0. The van der Waals surface area contributed by atoms with E-state index in [2.05, 4.69) is 95.5 Å². The average Bonchev–Trinajstić information content (AvgIpc) is 3.19. The van der Waals surface area contributed by atoms with Gasteiger partial charge >= 0.3 is 0 Å². The fourth-order valence-electron chi connectivity index (χ4n) is 3.54. The molecular weight excluding hydrogens is 320 g/mol. The van der Waals surface area contributed by atoms with Gasteiger partial charge in [0.1, 0.15) is 8.07 Å². The summed E-state index contributed by atoms with van der Waals surface area (Å²) in [5, 5.41) is 3.00. The van der Waals surface area contributed by atoms with Crippen LogP contribution < -0.4 is 10.4 Å². The number of allylic oxidation sites excluding steroid dienone is 2. The monoisotopic (exact) mass is 346 g/mol. The molecule has 0 bridgehead atoms. The summed E-state index contributed by atoms with van der Waals surface area (Å²) in [4.78, 5) is 4.27. The molecule has 25 heavy (non-hydrogen) atoms. The van der Waals surface area contributed by atoms with Crippen molar-refractivity contribution in [3.05, 3.63) is 91.5 Å². The number of nitrogens with zero attached hydrogens (tertiary/aromatic N) is 2. The highest BCUT2D eigenvalue weighted by molar-refractivity contribution is 7.01. The zero-order chi connectivity index (χ0) is 17.4. The summed E-state index contributed by atoms with van der Waals surface area (Å²) in [7, 11) is -1.93. The van der Waals surface area contributed by atoms with E-state index in [-0.39, 0.29) is 0 Å². The third-order valence-electron chi connectivity index (χ3n) is 4.80. The molecule has 0 fully saturated rings. The van der Waals surface area contributed by atoms with Crippen molar-refractivity contribution in [2.75, 3.05) is 0 Å². The summed E-state index contributed by atoms with van der Waals surface area (Å²) in [5.41, 5.74) is 0. The lowest BCUT2D eigenvalue weighted by molar-refractivity contribution is 0.848. The highest BCUT2D eigenvalue weighted by Gasteiger charge is 2.36. The van der Waals surface area contributed by atoms with Crippen molar-refractivity contribution in [3.63, 3.8) is 0 Å². The Morgan fingerprint density at radius 1 is 0.920 bits per heavy atom. The van der Waals surface area contributed by atoms with Gasteiger partial charge in [0.25, 0.3) is 0 Å². The van der Waals surface area contributed by atoms with E-state index < -0.39 is 8.07 Å². The molecule has 0 saturated carbocycles. The maximum atomic E-state index is 4.27. The molecule has 0 spiro atoms. The van der Waals surface area contributed by atoms with Crippen molar-refractivity contribution >= 4 is 18.4 Å². The molecule has 3 rings (SSSR count). The van der Waals surface area contributed by atoms with Crippen LogP contribution in [0, 0.1) is 0 Å². The first-order valence-corrected chi connectivity index (χ1v) is 11.5. The number of hydrogen-bond acceptors (Lipinski definition) is 1. The van der Waals surface area contributed by atoms with E-state index in [1.54, 1.807) is 0 Å². The fraction of sp³-hybridized carbons (Fsp3) is 0.227. The quantitative estimate of drug-likeness (QED) is 0.444. The molecule has 2 nitrogen and oxygen atoms in total. The van der Waals surface area contributed by atoms with Crippen LogP contribution in [-0.2, 0) is 6.17 Å². The van der Waals surface area contributed by atoms with Gasteiger partial charge in [-0.1, -0.05) is 90.1 Å². The zero-order valence-corrected chi connectivity index (χ0v) is 15.9. The molecule has 0 aliphatic rings. The molecule has 1 aromatic heterocycles. The highest BCUT2D eigenvalue weighted by atomic mass is 28.3. The van der Waals surface area contributed by atoms with E-state index in [1.807, 2.05) is 12.5 Å². The Hall–Kier alpha value is -2.39. The molecule has 0 atom stereocenters. The molecule has 0 saturated heterocycles. The molecule has 0 unspecified atom stereocenters. The Kier molecular flexibility index (Phi) is 6.02. The predicted molar refractivity (Wildman–Crippen MR) is 109 cm³/mol. The van der Waals surface area contributed by atoms with Crippen molar-refractivity contribution in [3.8, 4) is 0 Å². The smallest absolute Gasteiger partial charge is 0.138 e. The average molecular weight is 347 g/mol. The van der Waals surface area contributed by atoms with Gasteiger partial charge in [-0.15, -0.1) is 0 Å². The maximum Gasteiger partial charge on any atom is 0.138 e. The van der Waals surface area contributed by atoms with Crippen molar-refractivity contribution in [1.29, 1.82) is 0 Å². The molecule has 1 heterocycles. The van der Waals surface area contributed by atoms with Crippen LogP contribution >= 0.6 is 0 Å². The van der Waals surface area contributed by atoms with Gasteiger partial charge in [0, 0.05) is 18.6 Å². The van der Waals surface area contributed by atoms with Crippen LogP contribution in [0.1, 0.15) is 19.8 Å². The lowest BCUT2D eigenvalue weighted by Gasteiger charge is -2.33. The zero-order valence-electron chi connectivity index (χ0n) is 14.9. The van der Waals surface area contributed by atoms with Gasteiger partial charge in [-0.25, -0.2) is 4.98 Å². The number of aromatic nitrogens is 2. The minimum atomic E-state index is -1.93. The molecule has 3 heteroatoms.